The number of hydrogen-bond acceptors (Lipinski definition) is 4. The largest absolute Gasteiger partial charge is 0.372 e. The third-order valence-electron chi connectivity index (χ3n) is 4.54. The normalized spacial score (nSPS) is 13.4. The lowest BCUT2D eigenvalue weighted by Gasteiger charge is -2.22. The summed E-state index contributed by atoms with van der Waals surface area (Å²) in [4.78, 5) is 19.1. The number of rotatable bonds is 7. The summed E-state index contributed by atoms with van der Waals surface area (Å²) in [5.74, 6) is 0.656. The van der Waals surface area contributed by atoms with Crippen molar-refractivity contribution < 1.29 is 4.79 Å². The zero-order valence-corrected chi connectivity index (χ0v) is 15.2. The highest BCUT2D eigenvalue weighted by molar-refractivity contribution is 6.05. The third-order valence-corrected chi connectivity index (χ3v) is 4.54. The van der Waals surface area contributed by atoms with Gasteiger partial charge in [0.15, 0.2) is 0 Å². The van der Waals surface area contributed by atoms with Gasteiger partial charge >= 0.3 is 0 Å². The number of nitrogens with zero attached hydrogens (tertiary/aromatic N) is 2. The zero-order valence-electron chi connectivity index (χ0n) is 15.2. The van der Waals surface area contributed by atoms with Gasteiger partial charge in [-0.25, -0.2) is 4.98 Å². The van der Waals surface area contributed by atoms with E-state index in [9.17, 15) is 4.79 Å². The Morgan fingerprint density at radius 2 is 1.96 bits per heavy atom. The molecule has 2 N–H and O–H groups in total. The summed E-state index contributed by atoms with van der Waals surface area (Å²) >= 11 is 0. The Hall–Kier alpha value is -2.56. The molecular weight excluding hydrogens is 312 g/mol. The maximum Gasteiger partial charge on any atom is 0.255 e. The van der Waals surface area contributed by atoms with Gasteiger partial charge in [-0.15, -0.1) is 0 Å². The first kappa shape index (κ1) is 17.3. The molecule has 1 aliphatic carbocycles. The molecule has 1 amide bonds. The maximum absolute atomic E-state index is 12.6. The molecule has 25 heavy (non-hydrogen) atoms. The molecule has 0 spiro atoms. The van der Waals surface area contributed by atoms with Gasteiger partial charge in [0.1, 0.15) is 5.82 Å². The molecule has 0 saturated heterocycles. The van der Waals surface area contributed by atoms with Crippen LogP contribution in [0.25, 0.3) is 0 Å². The summed E-state index contributed by atoms with van der Waals surface area (Å²) in [7, 11) is 0. The maximum atomic E-state index is 12.6. The predicted molar refractivity (Wildman–Crippen MR) is 104 cm³/mol. The molecule has 1 aromatic heterocycles. The van der Waals surface area contributed by atoms with E-state index in [0.29, 0.717) is 11.6 Å². The topological polar surface area (TPSA) is 57.3 Å². The summed E-state index contributed by atoms with van der Waals surface area (Å²) in [6, 6.07) is 10.2. The molecule has 2 aromatic rings. The second-order valence-electron chi connectivity index (χ2n) is 6.47. The number of nitrogens with one attached hydrogen (secondary N) is 2. The fourth-order valence-corrected chi connectivity index (χ4v) is 2.86. The summed E-state index contributed by atoms with van der Waals surface area (Å²) in [5.41, 5.74) is 3.70. The number of hydrogen-bond donors (Lipinski definition) is 2. The van der Waals surface area contributed by atoms with Crippen molar-refractivity contribution in [2.75, 3.05) is 28.6 Å². The second-order valence-corrected chi connectivity index (χ2v) is 6.47. The number of carbonyl (C=O) groups excluding carboxylic acids is 1. The Labute approximate surface area is 149 Å². The van der Waals surface area contributed by atoms with Crippen molar-refractivity contribution >= 4 is 23.1 Å². The Morgan fingerprint density at radius 3 is 2.60 bits per heavy atom. The highest BCUT2D eigenvalue weighted by atomic mass is 16.1. The Morgan fingerprint density at radius 1 is 1.20 bits per heavy atom. The van der Waals surface area contributed by atoms with E-state index in [-0.39, 0.29) is 5.91 Å². The monoisotopic (exact) mass is 338 g/mol. The smallest absolute Gasteiger partial charge is 0.255 e. The van der Waals surface area contributed by atoms with E-state index in [2.05, 4.69) is 46.5 Å². The predicted octanol–water partition coefficient (Wildman–Crippen LogP) is 4.06. The molecule has 1 aromatic carbocycles. The number of aryl methyl sites for hydroxylation is 1. The first-order valence-electron chi connectivity index (χ1n) is 9.00. The molecule has 3 rings (SSSR count). The van der Waals surface area contributed by atoms with Crippen LogP contribution in [0.15, 0.2) is 36.5 Å². The van der Waals surface area contributed by atoms with Crippen molar-refractivity contribution in [3.63, 3.8) is 0 Å². The van der Waals surface area contributed by atoms with E-state index in [1.54, 1.807) is 12.3 Å². The molecule has 0 unspecified atom stereocenters. The number of anilines is 3. The van der Waals surface area contributed by atoms with Crippen molar-refractivity contribution in [3.8, 4) is 0 Å². The number of benzene rings is 1. The lowest BCUT2D eigenvalue weighted by Crippen LogP contribution is -2.22. The van der Waals surface area contributed by atoms with Gasteiger partial charge in [-0.3, -0.25) is 4.79 Å². The van der Waals surface area contributed by atoms with Crippen LogP contribution in [0, 0.1) is 6.92 Å². The third kappa shape index (κ3) is 4.29. The van der Waals surface area contributed by atoms with E-state index < -0.39 is 0 Å². The van der Waals surface area contributed by atoms with Crippen molar-refractivity contribution in [3.05, 3.63) is 47.7 Å². The quantitative estimate of drug-likeness (QED) is 0.799. The lowest BCUT2D eigenvalue weighted by atomic mass is 10.1. The zero-order chi connectivity index (χ0) is 17.8. The lowest BCUT2D eigenvalue weighted by molar-refractivity contribution is 0.102. The molecule has 1 saturated carbocycles. The standard InChI is InChI=1S/C20H26N4O/c1-4-24(5-2)17-8-9-18(14(3)12-17)23-20(25)15-10-11-21-19(13-15)22-16-6-7-16/h8-13,16H,4-7H2,1-3H3,(H,21,22)(H,23,25). The molecule has 132 valence electrons. The molecule has 0 radical (unpaired) electrons. The molecule has 1 heterocycles. The minimum atomic E-state index is -0.111. The van der Waals surface area contributed by atoms with Crippen LogP contribution in [-0.4, -0.2) is 30.0 Å². The highest BCUT2D eigenvalue weighted by Gasteiger charge is 2.21. The minimum absolute atomic E-state index is 0.111. The molecule has 5 heteroatoms. The van der Waals surface area contributed by atoms with Crippen molar-refractivity contribution in [2.45, 2.75) is 39.7 Å². The fraction of sp³-hybridized carbons (Fsp3) is 0.400. The molecule has 0 aliphatic heterocycles. The van der Waals surface area contributed by atoms with Gasteiger partial charge in [-0.2, -0.15) is 0 Å². The van der Waals surface area contributed by atoms with E-state index >= 15 is 0 Å². The molecule has 0 atom stereocenters. The molecule has 5 nitrogen and oxygen atoms in total. The van der Waals surface area contributed by atoms with E-state index in [1.807, 2.05) is 19.1 Å². The number of carbonyl (C=O) groups is 1. The van der Waals surface area contributed by atoms with Gasteiger partial charge in [0.25, 0.3) is 5.91 Å². The highest BCUT2D eigenvalue weighted by Crippen LogP contribution is 2.25. The van der Waals surface area contributed by atoms with Gasteiger partial charge in [0, 0.05) is 42.3 Å². The van der Waals surface area contributed by atoms with Crippen LogP contribution in [0.2, 0.25) is 0 Å². The van der Waals surface area contributed by atoms with Crippen molar-refractivity contribution in [1.82, 2.24) is 4.98 Å². The summed E-state index contributed by atoms with van der Waals surface area (Å²) in [5, 5.41) is 6.33. The average molecular weight is 338 g/mol. The first-order chi connectivity index (χ1) is 12.1. The van der Waals surface area contributed by atoms with Crippen molar-refractivity contribution in [1.29, 1.82) is 0 Å². The Kier molecular flexibility index (Phi) is 5.22. The summed E-state index contributed by atoms with van der Waals surface area (Å²) in [6.45, 7) is 8.25. The number of amides is 1. The van der Waals surface area contributed by atoms with Crippen LogP contribution in [0.3, 0.4) is 0 Å². The Bertz CT molecular complexity index is 751. The van der Waals surface area contributed by atoms with Gasteiger partial charge in [-0.05, 0) is 69.5 Å². The van der Waals surface area contributed by atoms with Crippen LogP contribution >= 0.6 is 0 Å². The molecule has 1 fully saturated rings. The van der Waals surface area contributed by atoms with Crippen LogP contribution in [0.4, 0.5) is 17.2 Å². The minimum Gasteiger partial charge on any atom is -0.372 e. The summed E-state index contributed by atoms with van der Waals surface area (Å²) < 4.78 is 0. The van der Waals surface area contributed by atoms with E-state index in [1.165, 1.54) is 18.5 Å². The first-order valence-corrected chi connectivity index (χ1v) is 9.00. The van der Waals surface area contributed by atoms with Gasteiger partial charge in [0.05, 0.1) is 0 Å². The van der Waals surface area contributed by atoms with Gasteiger partial charge in [0.2, 0.25) is 0 Å². The average Bonchev–Trinajstić information content (AvgIpc) is 3.42. The Balaban J connectivity index is 1.72. The molecule has 1 aliphatic rings. The van der Waals surface area contributed by atoms with Crippen LogP contribution in [-0.2, 0) is 0 Å². The van der Waals surface area contributed by atoms with Crippen molar-refractivity contribution in [2.24, 2.45) is 0 Å². The van der Waals surface area contributed by atoms with E-state index in [0.717, 1.165) is 30.2 Å². The number of pyridine rings is 1. The second kappa shape index (κ2) is 7.55. The van der Waals surface area contributed by atoms with Gasteiger partial charge < -0.3 is 15.5 Å². The SMILES string of the molecule is CCN(CC)c1ccc(NC(=O)c2ccnc(NC3CC3)c2)c(C)c1. The molecular formula is C20H26N4O. The van der Waals surface area contributed by atoms with Crippen LogP contribution in [0.5, 0.6) is 0 Å². The van der Waals surface area contributed by atoms with Gasteiger partial charge in [-0.1, -0.05) is 0 Å². The van der Waals surface area contributed by atoms with Crippen LogP contribution in [0.1, 0.15) is 42.6 Å². The fourth-order valence-electron chi connectivity index (χ4n) is 2.86. The summed E-state index contributed by atoms with van der Waals surface area (Å²) in [6.07, 6.45) is 4.03. The number of aromatic nitrogens is 1. The van der Waals surface area contributed by atoms with Crippen LogP contribution < -0.4 is 15.5 Å². The van der Waals surface area contributed by atoms with E-state index in [4.69, 9.17) is 0 Å². The molecule has 0 bridgehead atoms.